The van der Waals surface area contributed by atoms with Gasteiger partial charge in [-0.05, 0) is 75.5 Å². The maximum Gasteiger partial charge on any atom is 0.257 e. The highest BCUT2D eigenvalue weighted by Gasteiger charge is 2.26. The van der Waals surface area contributed by atoms with Gasteiger partial charge in [-0.15, -0.1) is 0 Å². The summed E-state index contributed by atoms with van der Waals surface area (Å²) >= 11 is 3.45. The number of nitrogens with one attached hydrogen (secondary N) is 2. The zero-order valence-corrected chi connectivity index (χ0v) is 21.2. The number of rotatable bonds is 11. The predicted octanol–water partition coefficient (Wildman–Crippen LogP) is 4.36. The van der Waals surface area contributed by atoms with E-state index in [2.05, 4.69) is 36.7 Å². The van der Waals surface area contributed by atoms with Crippen LogP contribution in [0.15, 0.2) is 58.1 Å². The third-order valence-corrected chi connectivity index (χ3v) is 6.42. The highest BCUT2D eigenvalue weighted by molar-refractivity contribution is 9.10. The van der Waals surface area contributed by atoms with Gasteiger partial charge in [0, 0.05) is 22.1 Å². The quantitative estimate of drug-likeness (QED) is 0.258. The first-order chi connectivity index (χ1) is 16.6. The summed E-state index contributed by atoms with van der Waals surface area (Å²) in [6.45, 7) is 2.43. The van der Waals surface area contributed by atoms with Crippen LogP contribution < -0.4 is 15.5 Å². The van der Waals surface area contributed by atoms with E-state index in [1.807, 2.05) is 36.4 Å². The molecule has 1 aliphatic rings. The molecular weight excluding hydrogens is 496 g/mol. The minimum absolute atomic E-state index is 0.0664. The third kappa shape index (κ3) is 7.95. The molecule has 2 aromatic carbocycles. The van der Waals surface area contributed by atoms with Gasteiger partial charge in [0.25, 0.3) is 11.8 Å². The van der Waals surface area contributed by atoms with Crippen molar-refractivity contribution in [1.82, 2.24) is 15.6 Å². The number of ether oxygens (including phenoxy) is 1. The van der Waals surface area contributed by atoms with Gasteiger partial charge >= 0.3 is 0 Å². The van der Waals surface area contributed by atoms with E-state index in [0.29, 0.717) is 17.9 Å². The van der Waals surface area contributed by atoms with Crippen LogP contribution in [0.3, 0.4) is 0 Å². The molecule has 2 amide bonds. The van der Waals surface area contributed by atoms with Crippen LogP contribution >= 0.6 is 15.9 Å². The Kier molecular flexibility index (Phi) is 10.6. The minimum Gasteiger partial charge on any atom is -0.496 e. The van der Waals surface area contributed by atoms with Crippen molar-refractivity contribution in [2.24, 2.45) is 5.10 Å². The summed E-state index contributed by atoms with van der Waals surface area (Å²) in [6.07, 6.45) is 7.40. The van der Waals surface area contributed by atoms with Crippen molar-refractivity contribution in [1.29, 1.82) is 0 Å². The van der Waals surface area contributed by atoms with Gasteiger partial charge in [-0.3, -0.25) is 14.5 Å². The fourth-order valence-corrected chi connectivity index (χ4v) is 4.49. The minimum atomic E-state index is -0.230. The number of unbranched alkanes of at least 4 members (excludes halogenated alkanes) is 1. The number of methoxy groups -OCH3 is 1. The second kappa shape index (κ2) is 13.9. The molecule has 0 saturated carbocycles. The highest BCUT2D eigenvalue weighted by Crippen LogP contribution is 2.21. The smallest absolute Gasteiger partial charge is 0.257 e. The highest BCUT2D eigenvalue weighted by atomic mass is 79.9. The van der Waals surface area contributed by atoms with E-state index in [1.54, 1.807) is 25.5 Å². The monoisotopic (exact) mass is 528 g/mol. The molecule has 0 aromatic heterocycles. The van der Waals surface area contributed by atoms with Crippen molar-refractivity contribution in [2.45, 2.75) is 44.6 Å². The normalized spacial score (nSPS) is 15.1. The van der Waals surface area contributed by atoms with Crippen molar-refractivity contribution in [3.63, 3.8) is 0 Å². The number of nitrogens with zero attached hydrogens (tertiary/aromatic N) is 2. The summed E-state index contributed by atoms with van der Waals surface area (Å²) in [5, 5.41) is 7.16. The number of halogens is 1. The number of hydrazone groups is 1. The molecule has 1 heterocycles. The summed E-state index contributed by atoms with van der Waals surface area (Å²) in [6, 6.07) is 14.6. The number of hydrogen-bond donors (Lipinski definition) is 2. The average Bonchev–Trinajstić information content (AvgIpc) is 2.87. The van der Waals surface area contributed by atoms with Crippen molar-refractivity contribution in [3.05, 3.63) is 64.1 Å². The number of amides is 2. The molecule has 0 aliphatic carbocycles. The molecule has 2 N–H and O–H groups in total. The Bertz CT molecular complexity index is 962. The maximum absolute atomic E-state index is 13.0. The van der Waals surface area contributed by atoms with E-state index in [0.717, 1.165) is 55.2 Å². The number of piperidine rings is 1. The van der Waals surface area contributed by atoms with Crippen LogP contribution in [0.1, 0.15) is 54.4 Å². The van der Waals surface area contributed by atoms with Crippen molar-refractivity contribution in [3.8, 4) is 5.75 Å². The summed E-state index contributed by atoms with van der Waals surface area (Å²) in [5.41, 5.74) is 4.17. The van der Waals surface area contributed by atoms with E-state index in [9.17, 15) is 9.59 Å². The van der Waals surface area contributed by atoms with Gasteiger partial charge in [-0.25, -0.2) is 5.43 Å². The lowest BCUT2D eigenvalue weighted by atomic mass is 10.0. The average molecular weight is 529 g/mol. The topological polar surface area (TPSA) is 83.0 Å². The lowest BCUT2D eigenvalue weighted by molar-refractivity contribution is -0.127. The molecular formula is C26H33BrN4O3. The second-order valence-corrected chi connectivity index (χ2v) is 9.27. The first kappa shape index (κ1) is 25.9. The fraction of sp³-hybridized carbons (Fsp3) is 0.423. The lowest BCUT2D eigenvalue weighted by Crippen LogP contribution is -2.47. The van der Waals surface area contributed by atoms with Gasteiger partial charge in [0.15, 0.2) is 0 Å². The van der Waals surface area contributed by atoms with E-state index >= 15 is 0 Å². The molecule has 34 heavy (non-hydrogen) atoms. The van der Waals surface area contributed by atoms with Crippen LogP contribution in [-0.2, 0) is 4.79 Å². The molecule has 7 nitrogen and oxygen atoms in total. The Morgan fingerprint density at radius 1 is 1.12 bits per heavy atom. The van der Waals surface area contributed by atoms with Gasteiger partial charge in [-0.1, -0.05) is 40.5 Å². The number of carbonyl (C=O) groups is 2. The Morgan fingerprint density at radius 3 is 2.62 bits per heavy atom. The first-order valence-electron chi connectivity index (χ1n) is 11.8. The van der Waals surface area contributed by atoms with E-state index in [1.165, 1.54) is 6.42 Å². The van der Waals surface area contributed by atoms with Crippen LogP contribution in [0.2, 0.25) is 0 Å². The van der Waals surface area contributed by atoms with Gasteiger partial charge in [0.05, 0.1) is 19.4 Å². The summed E-state index contributed by atoms with van der Waals surface area (Å²) in [5.74, 6) is 0.523. The maximum atomic E-state index is 13.0. The molecule has 1 fully saturated rings. The lowest BCUT2D eigenvalue weighted by Gasteiger charge is -2.33. The predicted molar refractivity (Wildman–Crippen MR) is 138 cm³/mol. The summed E-state index contributed by atoms with van der Waals surface area (Å²) < 4.78 is 6.27. The van der Waals surface area contributed by atoms with Gasteiger partial charge in [-0.2, -0.15) is 5.10 Å². The molecule has 8 heteroatoms. The molecule has 0 bridgehead atoms. The molecule has 0 radical (unpaired) electrons. The van der Waals surface area contributed by atoms with Crippen LogP contribution in [0.25, 0.3) is 0 Å². The number of carbonyl (C=O) groups excluding carboxylic acids is 2. The first-order valence-corrected chi connectivity index (χ1v) is 12.6. The van der Waals surface area contributed by atoms with Crippen molar-refractivity contribution < 1.29 is 14.3 Å². The van der Waals surface area contributed by atoms with Gasteiger partial charge in [0.2, 0.25) is 0 Å². The van der Waals surface area contributed by atoms with Crippen LogP contribution in [0.4, 0.5) is 0 Å². The van der Waals surface area contributed by atoms with E-state index in [-0.39, 0.29) is 17.9 Å². The van der Waals surface area contributed by atoms with Crippen LogP contribution in [-0.4, -0.2) is 55.7 Å². The Morgan fingerprint density at radius 2 is 1.88 bits per heavy atom. The molecule has 3 rings (SSSR count). The molecule has 2 aromatic rings. The Labute approximate surface area is 210 Å². The zero-order chi connectivity index (χ0) is 24.2. The number of benzene rings is 2. The molecule has 0 spiro atoms. The molecule has 182 valence electrons. The zero-order valence-electron chi connectivity index (χ0n) is 19.6. The standard InChI is InChI=1S/C26H33BrN4O3/c1-34-24-14-13-22(27)18-21(24)19-29-30-26(33)23(31-16-8-3-9-17-31)12-6-7-15-28-25(32)20-10-4-2-5-11-20/h2,4-5,10-11,13-14,18-19,23H,3,6-9,12,15-17H2,1H3,(H,28,32)(H,30,33)/b29-19+/t23-/m1/s1. The van der Waals surface area contributed by atoms with Crippen LogP contribution in [0.5, 0.6) is 5.75 Å². The number of likely N-dealkylation sites (tertiary alicyclic amines) is 1. The number of hydrogen-bond acceptors (Lipinski definition) is 5. The van der Waals surface area contributed by atoms with Gasteiger partial charge in [0.1, 0.15) is 5.75 Å². The molecule has 0 unspecified atom stereocenters. The molecule has 1 atom stereocenters. The third-order valence-electron chi connectivity index (χ3n) is 5.93. The van der Waals surface area contributed by atoms with Crippen LogP contribution in [0, 0.1) is 0 Å². The molecule has 1 aliphatic heterocycles. The Balaban J connectivity index is 1.51. The van der Waals surface area contributed by atoms with E-state index in [4.69, 9.17) is 4.74 Å². The largest absolute Gasteiger partial charge is 0.496 e. The molecule has 1 saturated heterocycles. The van der Waals surface area contributed by atoms with Crippen molar-refractivity contribution >= 4 is 34.0 Å². The van der Waals surface area contributed by atoms with E-state index < -0.39 is 0 Å². The SMILES string of the molecule is COc1ccc(Br)cc1/C=N/NC(=O)[C@@H](CCCCNC(=O)c1ccccc1)N1CCCCC1. The van der Waals surface area contributed by atoms with Crippen molar-refractivity contribution in [2.75, 3.05) is 26.7 Å². The second-order valence-electron chi connectivity index (χ2n) is 8.35. The summed E-state index contributed by atoms with van der Waals surface area (Å²) in [4.78, 5) is 27.5. The Hall–Kier alpha value is -2.71. The van der Waals surface area contributed by atoms with Gasteiger partial charge < -0.3 is 10.1 Å². The summed E-state index contributed by atoms with van der Waals surface area (Å²) in [7, 11) is 1.60. The fourth-order valence-electron chi connectivity index (χ4n) is 4.11.